The monoisotopic (exact) mass is 318 g/mol. The molecular weight excluding hydrogens is 300 g/mol. The van der Waals surface area contributed by atoms with Crippen molar-refractivity contribution in [1.82, 2.24) is 4.90 Å². The predicted molar refractivity (Wildman–Crippen MR) is 79.5 cm³/mol. The van der Waals surface area contributed by atoms with E-state index in [0.717, 1.165) is 18.7 Å². The number of ether oxygens (including phenoxy) is 1. The van der Waals surface area contributed by atoms with Crippen LogP contribution in [0, 0.1) is 22.7 Å². The highest BCUT2D eigenvalue weighted by Crippen LogP contribution is 2.41. The third-order valence-electron chi connectivity index (χ3n) is 4.36. The van der Waals surface area contributed by atoms with Crippen molar-refractivity contribution in [2.75, 3.05) is 26.3 Å². The van der Waals surface area contributed by atoms with Crippen LogP contribution in [0.3, 0.4) is 0 Å². The topological polar surface area (TPSA) is 111 Å². The molecular formula is C16H18N2O5. The fourth-order valence-electron chi connectivity index (χ4n) is 3.21. The molecule has 2 aliphatic heterocycles. The second-order valence-electron chi connectivity index (χ2n) is 5.76. The minimum Gasteiger partial charge on any atom is -0.483 e. The Morgan fingerprint density at radius 2 is 2.13 bits per heavy atom. The van der Waals surface area contributed by atoms with Gasteiger partial charge >= 0.3 is 5.97 Å². The minimum absolute atomic E-state index is 0.0818. The summed E-state index contributed by atoms with van der Waals surface area (Å²) in [7, 11) is 0. The van der Waals surface area contributed by atoms with Gasteiger partial charge in [0, 0.05) is 25.6 Å². The summed E-state index contributed by atoms with van der Waals surface area (Å²) < 4.78 is 5.36. The number of nitriles is 1. The summed E-state index contributed by atoms with van der Waals surface area (Å²) in [4.78, 5) is 22.1. The maximum absolute atomic E-state index is 11.5. The number of hydrogen-bond donors (Lipinski definition) is 2. The number of carboxylic acids is 1. The predicted octanol–water partition coefficient (Wildman–Crippen LogP) is 0.792. The first-order valence-corrected chi connectivity index (χ1v) is 7.16. The molecule has 0 unspecified atom stereocenters. The van der Waals surface area contributed by atoms with Gasteiger partial charge in [-0.3, -0.25) is 14.5 Å². The maximum Gasteiger partial charge on any atom is 0.313 e. The van der Waals surface area contributed by atoms with Gasteiger partial charge in [0.1, 0.15) is 5.41 Å². The SMILES string of the molecule is N#Cc1ccc(CN2C[C@@H]3COC[C@]3(C(=O)O)C2)cc1.O=CO. The molecule has 0 spiro atoms. The Morgan fingerprint density at radius 1 is 1.48 bits per heavy atom. The molecule has 2 fully saturated rings. The van der Waals surface area contributed by atoms with Crippen LogP contribution in [0.1, 0.15) is 11.1 Å². The van der Waals surface area contributed by atoms with Crippen molar-refractivity contribution >= 4 is 12.4 Å². The van der Waals surface area contributed by atoms with E-state index in [0.29, 0.717) is 25.3 Å². The fourth-order valence-corrected chi connectivity index (χ4v) is 3.21. The zero-order valence-corrected chi connectivity index (χ0v) is 12.5. The van der Waals surface area contributed by atoms with E-state index in [1.165, 1.54) is 0 Å². The number of nitrogens with zero attached hydrogens (tertiary/aromatic N) is 2. The van der Waals surface area contributed by atoms with Gasteiger partial charge in [-0.05, 0) is 17.7 Å². The molecule has 0 aromatic heterocycles. The van der Waals surface area contributed by atoms with Gasteiger partial charge in [0.2, 0.25) is 0 Å². The summed E-state index contributed by atoms with van der Waals surface area (Å²) in [5.41, 5.74) is 1.01. The number of carbonyl (C=O) groups is 2. The Morgan fingerprint density at radius 3 is 2.65 bits per heavy atom. The van der Waals surface area contributed by atoms with Crippen molar-refractivity contribution in [3.8, 4) is 6.07 Å². The van der Waals surface area contributed by atoms with Crippen LogP contribution in [0.4, 0.5) is 0 Å². The number of carboxylic acid groups (broad SMARTS) is 2. The first kappa shape index (κ1) is 16.9. The smallest absolute Gasteiger partial charge is 0.313 e. The van der Waals surface area contributed by atoms with E-state index in [4.69, 9.17) is 19.9 Å². The molecule has 0 radical (unpaired) electrons. The lowest BCUT2D eigenvalue weighted by molar-refractivity contribution is -0.149. The molecule has 2 atom stereocenters. The lowest BCUT2D eigenvalue weighted by Crippen LogP contribution is -2.38. The average molecular weight is 318 g/mol. The van der Waals surface area contributed by atoms with Crippen molar-refractivity contribution < 1.29 is 24.5 Å². The molecule has 1 aromatic rings. The molecule has 2 saturated heterocycles. The largest absolute Gasteiger partial charge is 0.483 e. The van der Waals surface area contributed by atoms with Gasteiger partial charge in [0.25, 0.3) is 6.47 Å². The van der Waals surface area contributed by atoms with Gasteiger partial charge in [0.05, 0.1) is 24.8 Å². The lowest BCUT2D eigenvalue weighted by atomic mass is 9.81. The number of hydrogen-bond acceptors (Lipinski definition) is 5. The fraction of sp³-hybridized carbons (Fsp3) is 0.438. The molecule has 0 aliphatic carbocycles. The van der Waals surface area contributed by atoms with E-state index in [1.54, 1.807) is 12.1 Å². The van der Waals surface area contributed by atoms with Crippen LogP contribution in [0.2, 0.25) is 0 Å². The molecule has 122 valence electrons. The van der Waals surface area contributed by atoms with Gasteiger partial charge < -0.3 is 14.9 Å². The van der Waals surface area contributed by atoms with Crippen LogP contribution in [0.5, 0.6) is 0 Å². The van der Waals surface area contributed by atoms with Gasteiger partial charge in [-0.1, -0.05) is 12.1 Å². The molecule has 3 rings (SSSR count). The molecule has 0 bridgehead atoms. The number of benzene rings is 1. The quantitative estimate of drug-likeness (QED) is 0.793. The highest BCUT2D eigenvalue weighted by Gasteiger charge is 2.55. The number of aliphatic carboxylic acids is 1. The van der Waals surface area contributed by atoms with E-state index >= 15 is 0 Å². The van der Waals surface area contributed by atoms with E-state index in [2.05, 4.69) is 11.0 Å². The Bertz CT molecular complexity index is 610. The van der Waals surface area contributed by atoms with Gasteiger partial charge in [-0.15, -0.1) is 0 Å². The van der Waals surface area contributed by atoms with Crippen LogP contribution in [-0.4, -0.2) is 53.9 Å². The van der Waals surface area contributed by atoms with E-state index in [-0.39, 0.29) is 12.4 Å². The third kappa shape index (κ3) is 3.50. The van der Waals surface area contributed by atoms with E-state index in [1.807, 2.05) is 12.1 Å². The second kappa shape index (κ2) is 7.22. The average Bonchev–Trinajstić information content (AvgIpc) is 3.06. The Balaban J connectivity index is 0.000000595. The normalized spacial score (nSPS) is 25.8. The van der Waals surface area contributed by atoms with Crippen molar-refractivity contribution in [3.63, 3.8) is 0 Å². The van der Waals surface area contributed by atoms with Gasteiger partial charge in [0.15, 0.2) is 0 Å². The van der Waals surface area contributed by atoms with Crippen LogP contribution in [0.25, 0.3) is 0 Å². The van der Waals surface area contributed by atoms with Crippen LogP contribution < -0.4 is 0 Å². The molecule has 23 heavy (non-hydrogen) atoms. The van der Waals surface area contributed by atoms with Crippen LogP contribution >= 0.6 is 0 Å². The standard InChI is InChI=1S/C15H16N2O3.CH2O2/c16-5-11-1-3-12(4-2-11)6-17-7-13-8-20-10-15(13,9-17)14(18)19;2-1-3/h1-4,13H,6-10H2,(H,18,19);1H,(H,2,3)/t13-,15-;/m1./s1. The van der Waals surface area contributed by atoms with E-state index < -0.39 is 11.4 Å². The third-order valence-corrected chi connectivity index (χ3v) is 4.36. The summed E-state index contributed by atoms with van der Waals surface area (Å²) in [6, 6.07) is 9.54. The summed E-state index contributed by atoms with van der Waals surface area (Å²) in [6.45, 7) is 2.61. The zero-order valence-electron chi connectivity index (χ0n) is 12.5. The molecule has 2 N–H and O–H groups in total. The van der Waals surface area contributed by atoms with Crippen LogP contribution in [-0.2, 0) is 20.9 Å². The number of likely N-dealkylation sites (tertiary alicyclic amines) is 1. The molecule has 7 nitrogen and oxygen atoms in total. The van der Waals surface area contributed by atoms with Crippen molar-refractivity contribution in [2.45, 2.75) is 6.54 Å². The molecule has 0 amide bonds. The van der Waals surface area contributed by atoms with Crippen molar-refractivity contribution in [3.05, 3.63) is 35.4 Å². The first-order chi connectivity index (χ1) is 11.1. The van der Waals surface area contributed by atoms with Crippen molar-refractivity contribution in [2.24, 2.45) is 11.3 Å². The maximum atomic E-state index is 11.5. The van der Waals surface area contributed by atoms with Gasteiger partial charge in [-0.2, -0.15) is 5.26 Å². The second-order valence-corrected chi connectivity index (χ2v) is 5.76. The first-order valence-electron chi connectivity index (χ1n) is 7.16. The zero-order chi connectivity index (χ0) is 16.9. The molecule has 7 heteroatoms. The number of fused-ring (bicyclic) bond motifs is 1. The van der Waals surface area contributed by atoms with E-state index in [9.17, 15) is 9.90 Å². The lowest BCUT2D eigenvalue weighted by Gasteiger charge is -2.22. The molecule has 1 aromatic carbocycles. The molecule has 2 aliphatic rings. The molecule has 0 saturated carbocycles. The Labute approximate surface area is 133 Å². The van der Waals surface area contributed by atoms with Crippen LogP contribution in [0.15, 0.2) is 24.3 Å². The highest BCUT2D eigenvalue weighted by molar-refractivity contribution is 5.76. The highest BCUT2D eigenvalue weighted by atomic mass is 16.5. The Hall–Kier alpha value is -2.43. The summed E-state index contributed by atoms with van der Waals surface area (Å²) in [5, 5.41) is 25.1. The summed E-state index contributed by atoms with van der Waals surface area (Å²) in [5.74, 6) is -0.666. The van der Waals surface area contributed by atoms with Crippen molar-refractivity contribution in [1.29, 1.82) is 5.26 Å². The summed E-state index contributed by atoms with van der Waals surface area (Å²) in [6.07, 6.45) is 0. The summed E-state index contributed by atoms with van der Waals surface area (Å²) >= 11 is 0. The number of rotatable bonds is 3. The van der Waals surface area contributed by atoms with Gasteiger partial charge in [-0.25, -0.2) is 0 Å². The Kier molecular flexibility index (Phi) is 5.32. The molecule has 2 heterocycles. The minimum atomic E-state index is -0.748.